The van der Waals surface area contributed by atoms with Gasteiger partial charge in [0.2, 0.25) is 0 Å². The van der Waals surface area contributed by atoms with E-state index in [0.29, 0.717) is 0 Å². The highest BCUT2D eigenvalue weighted by Gasteiger charge is 2.22. The molecule has 0 aliphatic carbocycles. The Morgan fingerprint density at radius 3 is 2.79 bits per heavy atom. The zero-order chi connectivity index (χ0) is 10.7. The molecule has 0 aromatic carbocycles. The van der Waals surface area contributed by atoms with Crippen LogP contribution in [0.4, 0.5) is 5.00 Å². The summed E-state index contributed by atoms with van der Waals surface area (Å²) in [5.74, 6) is 0. The van der Waals surface area contributed by atoms with Gasteiger partial charge in [-0.15, -0.1) is 0 Å². The lowest BCUT2D eigenvalue weighted by atomic mass is 10.2. The minimum absolute atomic E-state index is 0.0923. The van der Waals surface area contributed by atoms with E-state index in [1.165, 1.54) is 0 Å². The molecule has 1 aromatic rings. The molecule has 78 valence electrons. The smallest absolute Gasteiger partial charge is 0.344 e. The Bertz CT molecular complexity index is 329. The average Bonchev–Trinajstić information content (AvgIpc) is 2.64. The van der Waals surface area contributed by atoms with Crippen molar-refractivity contribution in [2.45, 2.75) is 12.2 Å². The molecule has 0 aliphatic rings. The number of hydrogen-bond acceptors (Lipinski definition) is 7. The molecule has 1 aromatic heterocycles. The number of nitrogens with two attached hydrogens (primary N) is 1. The van der Waals surface area contributed by atoms with Gasteiger partial charge in [0.15, 0.2) is 0 Å². The summed E-state index contributed by atoms with van der Waals surface area (Å²) in [6, 6.07) is 0. The predicted octanol–water partition coefficient (Wildman–Crippen LogP) is -0.596. The lowest BCUT2D eigenvalue weighted by Crippen LogP contribution is -2.26. The first-order chi connectivity index (χ1) is 6.56. The lowest BCUT2D eigenvalue weighted by Gasteiger charge is -2.12. The van der Waals surface area contributed by atoms with Gasteiger partial charge >= 0.3 is 5.00 Å². The van der Waals surface area contributed by atoms with Crippen LogP contribution in [0, 0.1) is 10.1 Å². The highest BCUT2D eigenvalue weighted by molar-refractivity contribution is 7.14. The normalized spacial score (nSPS) is 15.1. The second-order valence-corrected chi connectivity index (χ2v) is 3.58. The Kier molecular flexibility index (Phi) is 3.47. The van der Waals surface area contributed by atoms with Gasteiger partial charge in [-0.25, -0.2) is 4.98 Å². The lowest BCUT2D eigenvalue weighted by molar-refractivity contribution is -0.380. The van der Waals surface area contributed by atoms with Crippen LogP contribution in [0.3, 0.4) is 0 Å². The van der Waals surface area contributed by atoms with E-state index in [-0.39, 0.29) is 16.6 Å². The number of nitrogens with zero attached hydrogens (tertiary/aromatic N) is 2. The fourth-order valence-electron chi connectivity index (χ4n) is 0.793. The van der Waals surface area contributed by atoms with E-state index in [4.69, 9.17) is 10.8 Å². The maximum Gasteiger partial charge on any atom is 0.344 e. The van der Waals surface area contributed by atoms with Crippen LogP contribution < -0.4 is 5.73 Å². The van der Waals surface area contributed by atoms with Crippen molar-refractivity contribution in [3.8, 4) is 0 Å². The minimum atomic E-state index is -1.27. The van der Waals surface area contributed by atoms with Crippen molar-refractivity contribution in [1.29, 1.82) is 0 Å². The molecule has 0 aliphatic heterocycles. The van der Waals surface area contributed by atoms with Crippen molar-refractivity contribution in [3.05, 3.63) is 21.3 Å². The maximum absolute atomic E-state index is 10.3. The first-order valence-corrected chi connectivity index (χ1v) is 4.54. The highest BCUT2D eigenvalue weighted by Crippen LogP contribution is 2.27. The van der Waals surface area contributed by atoms with Crippen molar-refractivity contribution in [2.75, 3.05) is 6.54 Å². The third-order valence-electron chi connectivity index (χ3n) is 1.55. The number of aliphatic hydroxyl groups is 2. The molecule has 1 heterocycles. The summed E-state index contributed by atoms with van der Waals surface area (Å²) in [6.45, 7) is -0.130. The van der Waals surface area contributed by atoms with Crippen LogP contribution in [-0.2, 0) is 0 Å². The monoisotopic (exact) mass is 219 g/mol. The summed E-state index contributed by atoms with van der Waals surface area (Å²) in [7, 11) is 0. The summed E-state index contributed by atoms with van der Waals surface area (Å²) in [5.41, 5.74) is 5.11. The molecule has 0 bridgehead atoms. The van der Waals surface area contributed by atoms with Gasteiger partial charge in [0, 0.05) is 6.54 Å². The maximum atomic E-state index is 10.3. The summed E-state index contributed by atoms with van der Waals surface area (Å²) in [4.78, 5) is 13.3. The van der Waals surface area contributed by atoms with E-state index in [9.17, 15) is 15.2 Å². The standard InChI is InChI=1S/C6H9N3O4S/c7-1-3(10)5(11)6-8-2-4(14-6)9(12)13/h2-3,5,10-11H,1,7H2. The molecule has 8 heteroatoms. The van der Waals surface area contributed by atoms with E-state index in [0.717, 1.165) is 17.5 Å². The van der Waals surface area contributed by atoms with Crippen molar-refractivity contribution in [1.82, 2.24) is 4.98 Å². The van der Waals surface area contributed by atoms with E-state index in [2.05, 4.69) is 4.98 Å². The molecule has 14 heavy (non-hydrogen) atoms. The Hall–Kier alpha value is -1.09. The fourth-order valence-corrected chi connectivity index (χ4v) is 1.57. The molecule has 0 radical (unpaired) electrons. The van der Waals surface area contributed by atoms with Gasteiger partial charge in [-0.1, -0.05) is 0 Å². The second kappa shape index (κ2) is 4.42. The van der Waals surface area contributed by atoms with Crippen molar-refractivity contribution in [2.24, 2.45) is 5.73 Å². The van der Waals surface area contributed by atoms with E-state index in [1.54, 1.807) is 0 Å². The van der Waals surface area contributed by atoms with Crippen molar-refractivity contribution in [3.63, 3.8) is 0 Å². The molecule has 2 atom stereocenters. The molecule has 2 unspecified atom stereocenters. The second-order valence-electron chi connectivity index (χ2n) is 2.54. The van der Waals surface area contributed by atoms with E-state index >= 15 is 0 Å². The SMILES string of the molecule is NCC(O)C(O)c1ncc([N+](=O)[O-])s1. The molecule has 0 spiro atoms. The Labute approximate surface area is 83.0 Å². The van der Waals surface area contributed by atoms with Crippen LogP contribution in [0.1, 0.15) is 11.1 Å². The molecule has 7 nitrogen and oxygen atoms in total. The van der Waals surface area contributed by atoms with Crippen LogP contribution in [-0.4, -0.2) is 32.8 Å². The molecular formula is C6H9N3O4S. The summed E-state index contributed by atoms with van der Waals surface area (Å²) in [5, 5.41) is 28.7. The number of aromatic nitrogens is 1. The molecule has 4 N–H and O–H groups in total. The fraction of sp³-hybridized carbons (Fsp3) is 0.500. The number of nitro groups is 1. The summed E-state index contributed by atoms with van der Waals surface area (Å²) in [6.07, 6.45) is -1.38. The van der Waals surface area contributed by atoms with Crippen LogP contribution in [0.2, 0.25) is 0 Å². The third-order valence-corrected chi connectivity index (χ3v) is 2.57. The van der Waals surface area contributed by atoms with Crippen molar-refractivity contribution >= 4 is 16.3 Å². The van der Waals surface area contributed by atoms with Crippen molar-refractivity contribution < 1.29 is 15.1 Å². The molecule has 0 saturated carbocycles. The number of thiazole rings is 1. The van der Waals surface area contributed by atoms with Gasteiger partial charge in [0.25, 0.3) is 0 Å². The van der Waals surface area contributed by atoms with Gasteiger partial charge in [0.1, 0.15) is 17.3 Å². The van der Waals surface area contributed by atoms with E-state index in [1.807, 2.05) is 0 Å². The number of aliphatic hydroxyl groups excluding tert-OH is 2. The van der Waals surface area contributed by atoms with Gasteiger partial charge in [-0.2, -0.15) is 0 Å². The average molecular weight is 219 g/mol. The van der Waals surface area contributed by atoms with E-state index < -0.39 is 17.1 Å². The predicted molar refractivity (Wildman–Crippen MR) is 48.8 cm³/mol. The first-order valence-electron chi connectivity index (χ1n) is 3.72. The van der Waals surface area contributed by atoms with Gasteiger partial charge < -0.3 is 15.9 Å². The largest absolute Gasteiger partial charge is 0.389 e. The van der Waals surface area contributed by atoms with Crippen LogP contribution in [0.25, 0.3) is 0 Å². The molecule has 0 saturated heterocycles. The van der Waals surface area contributed by atoms with Crippen LogP contribution >= 0.6 is 11.3 Å². The van der Waals surface area contributed by atoms with Gasteiger partial charge in [-0.05, 0) is 11.3 Å². The minimum Gasteiger partial charge on any atom is -0.389 e. The Balaban J connectivity index is 2.81. The Morgan fingerprint density at radius 2 is 2.36 bits per heavy atom. The zero-order valence-corrected chi connectivity index (χ0v) is 7.85. The topological polar surface area (TPSA) is 123 Å². The molecule has 0 fully saturated rings. The summed E-state index contributed by atoms with van der Waals surface area (Å²) >= 11 is 0.717. The number of rotatable bonds is 4. The van der Waals surface area contributed by atoms with Crippen LogP contribution in [0.5, 0.6) is 0 Å². The highest BCUT2D eigenvalue weighted by atomic mass is 32.1. The third kappa shape index (κ3) is 2.23. The zero-order valence-electron chi connectivity index (χ0n) is 7.03. The quantitative estimate of drug-likeness (QED) is 0.459. The molecule has 0 amide bonds. The van der Waals surface area contributed by atoms with Gasteiger partial charge in [-0.3, -0.25) is 10.1 Å². The number of hydrogen-bond donors (Lipinski definition) is 3. The first kappa shape index (κ1) is 11.0. The molecular weight excluding hydrogens is 210 g/mol. The Morgan fingerprint density at radius 1 is 1.71 bits per heavy atom. The molecule has 1 rings (SSSR count). The van der Waals surface area contributed by atoms with Gasteiger partial charge in [0.05, 0.1) is 11.0 Å². The summed E-state index contributed by atoms with van der Waals surface area (Å²) < 4.78 is 0. The van der Waals surface area contributed by atoms with Crippen LogP contribution in [0.15, 0.2) is 6.20 Å².